The maximum Gasteiger partial charge on any atom is 0.244 e. The maximum atomic E-state index is 11.7. The smallest absolute Gasteiger partial charge is 0.244 e. The highest BCUT2D eigenvalue weighted by Gasteiger charge is 2.32. The van der Waals surface area contributed by atoms with E-state index in [1.807, 2.05) is 11.8 Å². The Kier molecular flexibility index (Phi) is 5.10. The van der Waals surface area contributed by atoms with E-state index < -0.39 is 0 Å². The van der Waals surface area contributed by atoms with Crippen molar-refractivity contribution in [2.24, 2.45) is 0 Å². The Morgan fingerprint density at radius 1 is 1.58 bits per heavy atom. The highest BCUT2D eigenvalue weighted by molar-refractivity contribution is 7.99. The third-order valence-electron chi connectivity index (χ3n) is 3.36. The molecule has 1 fully saturated rings. The Labute approximate surface area is 117 Å². The van der Waals surface area contributed by atoms with Crippen LogP contribution in [0.4, 0.5) is 0 Å². The molecular weight excluding hydrogens is 262 g/mol. The zero-order valence-corrected chi connectivity index (χ0v) is 11.9. The van der Waals surface area contributed by atoms with Gasteiger partial charge in [0.25, 0.3) is 0 Å². The molecule has 1 saturated heterocycles. The molecule has 0 atom stereocenters. The van der Waals surface area contributed by atoms with E-state index in [-0.39, 0.29) is 11.5 Å². The topological polar surface area (TPSA) is 51.5 Å². The van der Waals surface area contributed by atoms with Gasteiger partial charge in [0.1, 0.15) is 5.76 Å². The molecule has 1 aromatic rings. The van der Waals surface area contributed by atoms with E-state index in [0.717, 1.165) is 24.3 Å². The van der Waals surface area contributed by atoms with Crippen LogP contribution in [-0.4, -0.2) is 36.7 Å². The minimum Gasteiger partial charge on any atom is -0.465 e. The summed E-state index contributed by atoms with van der Waals surface area (Å²) in [5.74, 6) is 2.73. The van der Waals surface area contributed by atoms with E-state index in [0.29, 0.717) is 12.3 Å². The van der Waals surface area contributed by atoms with Gasteiger partial charge in [0.15, 0.2) is 0 Å². The molecule has 1 N–H and O–H groups in total. The molecule has 0 spiro atoms. The summed E-state index contributed by atoms with van der Waals surface area (Å²) < 4.78 is 10.7. The number of carbonyl (C=O) groups excluding carboxylic acids is 1. The summed E-state index contributed by atoms with van der Waals surface area (Å²) in [6.07, 6.45) is 6.69. The number of hydrogen-bond donors (Lipinski definition) is 1. The number of ether oxygens (including phenoxy) is 1. The lowest BCUT2D eigenvalue weighted by molar-refractivity contribution is -0.118. The summed E-state index contributed by atoms with van der Waals surface area (Å²) in [5.41, 5.74) is -0.195. The minimum atomic E-state index is -0.195. The molecule has 1 aliphatic rings. The summed E-state index contributed by atoms with van der Waals surface area (Å²) in [6, 6.07) is 3.59. The van der Waals surface area contributed by atoms with Gasteiger partial charge in [-0.15, -0.1) is 0 Å². The molecule has 4 nitrogen and oxygen atoms in total. The van der Waals surface area contributed by atoms with Gasteiger partial charge >= 0.3 is 0 Å². The fourth-order valence-electron chi connectivity index (χ4n) is 2.05. The largest absolute Gasteiger partial charge is 0.465 e. The summed E-state index contributed by atoms with van der Waals surface area (Å²) >= 11 is 1.94. The summed E-state index contributed by atoms with van der Waals surface area (Å²) in [6.45, 7) is 0.561. The Bertz CT molecular complexity index is 422. The first-order chi connectivity index (χ1) is 9.24. The van der Waals surface area contributed by atoms with Crippen molar-refractivity contribution >= 4 is 23.7 Å². The van der Waals surface area contributed by atoms with Gasteiger partial charge in [-0.1, -0.05) is 0 Å². The van der Waals surface area contributed by atoms with Crippen LogP contribution in [0.5, 0.6) is 0 Å². The van der Waals surface area contributed by atoms with Gasteiger partial charge in [-0.05, 0) is 42.6 Å². The molecule has 1 aliphatic heterocycles. The first kappa shape index (κ1) is 14.2. The van der Waals surface area contributed by atoms with Crippen LogP contribution in [0.3, 0.4) is 0 Å². The molecule has 2 heterocycles. The molecule has 0 saturated carbocycles. The number of hydrogen-bond acceptors (Lipinski definition) is 4. The van der Waals surface area contributed by atoms with Crippen molar-refractivity contribution in [1.82, 2.24) is 5.32 Å². The quantitative estimate of drug-likeness (QED) is 0.842. The van der Waals surface area contributed by atoms with E-state index in [4.69, 9.17) is 9.15 Å². The van der Waals surface area contributed by atoms with E-state index >= 15 is 0 Å². The van der Waals surface area contributed by atoms with E-state index in [9.17, 15) is 4.79 Å². The van der Waals surface area contributed by atoms with Crippen LogP contribution >= 0.6 is 11.8 Å². The van der Waals surface area contributed by atoms with E-state index in [2.05, 4.69) is 5.32 Å². The predicted octanol–water partition coefficient (Wildman–Crippen LogP) is 2.32. The van der Waals surface area contributed by atoms with Crippen molar-refractivity contribution in [3.05, 3.63) is 30.2 Å². The first-order valence-electron chi connectivity index (χ1n) is 6.36. The maximum absolute atomic E-state index is 11.7. The van der Waals surface area contributed by atoms with Crippen LogP contribution in [0.1, 0.15) is 18.6 Å². The van der Waals surface area contributed by atoms with Crippen LogP contribution in [0.2, 0.25) is 0 Å². The summed E-state index contributed by atoms with van der Waals surface area (Å²) in [7, 11) is 1.72. The zero-order valence-electron chi connectivity index (χ0n) is 11.1. The predicted molar refractivity (Wildman–Crippen MR) is 77.1 cm³/mol. The lowest BCUT2D eigenvalue weighted by atomic mass is 9.96. The monoisotopic (exact) mass is 281 g/mol. The van der Waals surface area contributed by atoms with Crippen molar-refractivity contribution in [3.63, 3.8) is 0 Å². The highest BCUT2D eigenvalue weighted by Crippen LogP contribution is 2.29. The average Bonchev–Trinajstić information content (AvgIpc) is 2.97. The van der Waals surface area contributed by atoms with E-state index in [1.54, 1.807) is 31.6 Å². The molecule has 1 amide bonds. The molecule has 104 valence electrons. The van der Waals surface area contributed by atoms with Gasteiger partial charge in [-0.3, -0.25) is 4.79 Å². The number of methoxy groups -OCH3 is 1. The van der Waals surface area contributed by atoms with Crippen molar-refractivity contribution in [1.29, 1.82) is 0 Å². The fraction of sp³-hybridized carbons (Fsp3) is 0.500. The molecule has 0 unspecified atom stereocenters. The second-order valence-electron chi connectivity index (χ2n) is 4.57. The second-order valence-corrected chi connectivity index (χ2v) is 5.79. The minimum absolute atomic E-state index is 0.119. The van der Waals surface area contributed by atoms with Crippen LogP contribution in [0, 0.1) is 0 Å². The van der Waals surface area contributed by atoms with Crippen molar-refractivity contribution in [2.45, 2.75) is 18.4 Å². The van der Waals surface area contributed by atoms with E-state index in [1.165, 1.54) is 6.08 Å². The molecule has 1 aromatic heterocycles. The molecule has 2 rings (SSSR count). The van der Waals surface area contributed by atoms with Gasteiger partial charge in [0.2, 0.25) is 5.91 Å². The SMILES string of the molecule is COC1(CNC(=O)C=Cc2ccco2)CCSCC1. The number of thioether (sulfide) groups is 1. The van der Waals surface area contributed by atoms with Crippen molar-refractivity contribution in [3.8, 4) is 0 Å². The van der Waals surface area contributed by atoms with Crippen LogP contribution in [0.25, 0.3) is 6.08 Å². The number of carbonyl (C=O) groups is 1. The molecule has 5 heteroatoms. The standard InChI is InChI=1S/C14H19NO3S/c1-17-14(6-9-19-10-7-14)11-15-13(16)5-4-12-3-2-8-18-12/h2-5,8H,6-7,9-11H2,1H3,(H,15,16). The number of furan rings is 1. The lowest BCUT2D eigenvalue weighted by Gasteiger charge is -2.35. The molecular formula is C14H19NO3S. The third kappa shape index (κ3) is 4.14. The third-order valence-corrected chi connectivity index (χ3v) is 4.35. The summed E-state index contributed by atoms with van der Waals surface area (Å²) in [4.78, 5) is 11.7. The second kappa shape index (κ2) is 6.82. The molecule has 0 aliphatic carbocycles. The zero-order chi connectivity index (χ0) is 13.6. The Balaban J connectivity index is 1.82. The van der Waals surface area contributed by atoms with Gasteiger partial charge in [-0.2, -0.15) is 11.8 Å². The van der Waals surface area contributed by atoms with Gasteiger partial charge in [-0.25, -0.2) is 0 Å². The highest BCUT2D eigenvalue weighted by atomic mass is 32.2. The van der Waals surface area contributed by atoms with Crippen LogP contribution in [0.15, 0.2) is 28.9 Å². The number of amides is 1. The average molecular weight is 281 g/mol. The molecule has 19 heavy (non-hydrogen) atoms. The number of nitrogens with one attached hydrogen (secondary N) is 1. The summed E-state index contributed by atoms with van der Waals surface area (Å²) in [5, 5.41) is 2.90. The van der Waals surface area contributed by atoms with Gasteiger partial charge in [0.05, 0.1) is 11.9 Å². The Morgan fingerprint density at radius 3 is 3.00 bits per heavy atom. The van der Waals surface area contributed by atoms with Crippen molar-refractivity contribution in [2.75, 3.05) is 25.2 Å². The normalized spacial score (nSPS) is 18.6. The van der Waals surface area contributed by atoms with Crippen LogP contribution in [-0.2, 0) is 9.53 Å². The van der Waals surface area contributed by atoms with Gasteiger partial charge in [0, 0.05) is 19.7 Å². The first-order valence-corrected chi connectivity index (χ1v) is 7.52. The van der Waals surface area contributed by atoms with Crippen molar-refractivity contribution < 1.29 is 13.9 Å². The molecule has 0 aromatic carbocycles. The van der Waals surface area contributed by atoms with Crippen LogP contribution < -0.4 is 5.32 Å². The molecule has 0 bridgehead atoms. The lowest BCUT2D eigenvalue weighted by Crippen LogP contribution is -2.46. The Hall–Kier alpha value is -1.20. The number of rotatable bonds is 5. The molecule has 0 radical (unpaired) electrons. The Morgan fingerprint density at radius 2 is 2.37 bits per heavy atom. The fourth-order valence-corrected chi connectivity index (χ4v) is 3.28. The van der Waals surface area contributed by atoms with Gasteiger partial charge < -0.3 is 14.5 Å².